The van der Waals surface area contributed by atoms with Gasteiger partial charge in [-0.3, -0.25) is 4.79 Å². The fraction of sp³-hybridized carbons (Fsp3) is 0.333. The van der Waals surface area contributed by atoms with Crippen molar-refractivity contribution in [1.29, 1.82) is 0 Å². The van der Waals surface area contributed by atoms with Crippen LogP contribution in [0.2, 0.25) is 0 Å². The minimum Gasteiger partial charge on any atom is -0.454 e. The van der Waals surface area contributed by atoms with E-state index in [-0.39, 0.29) is 19.1 Å². The second kappa shape index (κ2) is 5.73. The normalized spacial score (nSPS) is 12.7. The maximum Gasteiger partial charge on any atom is 0.231 e. The predicted octanol–water partition coefficient (Wildman–Crippen LogP) is 3.18. The van der Waals surface area contributed by atoms with Crippen LogP contribution in [-0.4, -0.2) is 17.7 Å². The number of hydrogen-bond donors (Lipinski definition) is 1. The fourth-order valence-electron chi connectivity index (χ4n) is 2.01. The zero-order valence-corrected chi connectivity index (χ0v) is 12.7. The number of benzene rings is 1. The van der Waals surface area contributed by atoms with E-state index in [0.29, 0.717) is 23.1 Å². The van der Waals surface area contributed by atoms with Gasteiger partial charge in [0.1, 0.15) is 0 Å². The number of rotatable bonds is 4. The molecule has 0 bridgehead atoms. The highest BCUT2D eigenvalue weighted by molar-refractivity contribution is 7.09. The summed E-state index contributed by atoms with van der Waals surface area (Å²) in [4.78, 5) is 16.5. The molecule has 3 rings (SSSR count). The lowest BCUT2D eigenvalue weighted by atomic mass is 10.2. The van der Waals surface area contributed by atoms with E-state index in [0.717, 1.165) is 10.7 Å². The van der Waals surface area contributed by atoms with E-state index in [1.54, 1.807) is 29.5 Å². The van der Waals surface area contributed by atoms with E-state index < -0.39 is 0 Å². The summed E-state index contributed by atoms with van der Waals surface area (Å²) in [6.45, 7) is 4.41. The number of carbonyl (C=O) groups is 1. The second-order valence-corrected chi connectivity index (χ2v) is 6.01. The van der Waals surface area contributed by atoms with E-state index in [1.807, 2.05) is 5.38 Å². The fourth-order valence-corrected chi connectivity index (χ4v) is 2.85. The Bertz CT molecular complexity index is 667. The first-order valence-electron chi connectivity index (χ1n) is 6.75. The number of aromatic nitrogens is 1. The molecule has 1 aromatic heterocycles. The maximum absolute atomic E-state index is 12.0. The Kier molecular flexibility index (Phi) is 3.79. The van der Waals surface area contributed by atoms with Crippen LogP contribution in [0.1, 0.15) is 30.5 Å². The van der Waals surface area contributed by atoms with E-state index in [1.165, 1.54) is 0 Å². The highest BCUT2D eigenvalue weighted by Gasteiger charge is 2.15. The summed E-state index contributed by atoms with van der Waals surface area (Å²) >= 11 is 1.59. The van der Waals surface area contributed by atoms with E-state index in [4.69, 9.17) is 9.47 Å². The second-order valence-electron chi connectivity index (χ2n) is 5.12. The van der Waals surface area contributed by atoms with Gasteiger partial charge in [0.2, 0.25) is 12.7 Å². The molecule has 5 nitrogen and oxygen atoms in total. The molecule has 0 saturated heterocycles. The van der Waals surface area contributed by atoms with Crippen LogP contribution in [0, 0.1) is 0 Å². The van der Waals surface area contributed by atoms with Gasteiger partial charge in [0.05, 0.1) is 17.1 Å². The highest BCUT2D eigenvalue weighted by atomic mass is 32.1. The number of nitrogens with one attached hydrogen (secondary N) is 1. The van der Waals surface area contributed by atoms with Crippen LogP contribution in [0.25, 0.3) is 0 Å². The van der Waals surface area contributed by atoms with Gasteiger partial charge < -0.3 is 14.8 Å². The molecule has 0 atom stereocenters. The summed E-state index contributed by atoms with van der Waals surface area (Å²) in [7, 11) is 0. The molecule has 1 aliphatic heterocycles. The van der Waals surface area contributed by atoms with Gasteiger partial charge in [-0.2, -0.15) is 0 Å². The molecule has 2 heterocycles. The van der Waals surface area contributed by atoms with E-state index >= 15 is 0 Å². The average Bonchev–Trinajstić information content (AvgIpc) is 3.06. The molecule has 110 valence electrons. The van der Waals surface area contributed by atoms with Crippen LogP contribution in [0.4, 0.5) is 5.69 Å². The topological polar surface area (TPSA) is 60.5 Å². The van der Waals surface area contributed by atoms with Crippen LogP contribution < -0.4 is 14.8 Å². The van der Waals surface area contributed by atoms with Crippen LogP contribution in [-0.2, 0) is 11.2 Å². The Labute approximate surface area is 126 Å². The van der Waals surface area contributed by atoms with Crippen molar-refractivity contribution >= 4 is 22.9 Å². The summed E-state index contributed by atoms with van der Waals surface area (Å²) in [6, 6.07) is 5.35. The largest absolute Gasteiger partial charge is 0.454 e. The summed E-state index contributed by atoms with van der Waals surface area (Å²) < 4.78 is 10.5. The molecule has 0 fully saturated rings. The third-order valence-electron chi connectivity index (χ3n) is 3.06. The van der Waals surface area contributed by atoms with Crippen molar-refractivity contribution in [1.82, 2.24) is 4.98 Å². The predicted molar refractivity (Wildman–Crippen MR) is 81.1 cm³/mol. The average molecular weight is 304 g/mol. The zero-order chi connectivity index (χ0) is 14.8. The summed E-state index contributed by atoms with van der Waals surface area (Å²) in [6.07, 6.45) is 0.275. The van der Waals surface area contributed by atoms with Crippen molar-refractivity contribution < 1.29 is 14.3 Å². The molecule has 0 spiro atoms. The number of hydrogen-bond acceptors (Lipinski definition) is 5. The number of anilines is 1. The minimum atomic E-state index is -0.0885. The van der Waals surface area contributed by atoms with E-state index in [9.17, 15) is 4.79 Å². The van der Waals surface area contributed by atoms with Gasteiger partial charge in [0, 0.05) is 23.1 Å². The molecular weight excluding hydrogens is 288 g/mol. The molecule has 21 heavy (non-hydrogen) atoms. The Hall–Kier alpha value is -2.08. The number of nitrogens with zero attached hydrogens (tertiary/aromatic N) is 1. The summed E-state index contributed by atoms with van der Waals surface area (Å²) in [5, 5.41) is 5.84. The van der Waals surface area contributed by atoms with Gasteiger partial charge >= 0.3 is 0 Å². The maximum atomic E-state index is 12.0. The molecule has 0 saturated carbocycles. The lowest BCUT2D eigenvalue weighted by Crippen LogP contribution is -2.14. The molecule has 1 aromatic carbocycles. The van der Waals surface area contributed by atoms with Gasteiger partial charge in [-0.25, -0.2) is 4.98 Å². The smallest absolute Gasteiger partial charge is 0.231 e. The number of fused-ring (bicyclic) bond motifs is 1. The standard InChI is InChI=1S/C15H16N2O3S/c1-9(2)15-17-11(7-21-15)6-14(18)16-10-3-4-12-13(5-10)20-8-19-12/h3-5,7,9H,6,8H2,1-2H3,(H,16,18). The quantitative estimate of drug-likeness (QED) is 0.942. The molecule has 6 heteroatoms. The first-order chi connectivity index (χ1) is 10.1. The third-order valence-corrected chi connectivity index (χ3v) is 4.26. The Morgan fingerprint density at radius 3 is 2.95 bits per heavy atom. The first-order valence-corrected chi connectivity index (χ1v) is 7.63. The number of amides is 1. The van der Waals surface area contributed by atoms with Crippen LogP contribution >= 0.6 is 11.3 Å². The number of ether oxygens (including phenoxy) is 2. The molecule has 1 N–H and O–H groups in total. The van der Waals surface area contributed by atoms with Crippen molar-refractivity contribution in [2.24, 2.45) is 0 Å². The monoisotopic (exact) mass is 304 g/mol. The molecule has 0 aliphatic carbocycles. The van der Waals surface area contributed by atoms with Crippen molar-refractivity contribution in [2.45, 2.75) is 26.2 Å². The van der Waals surface area contributed by atoms with Gasteiger partial charge in [-0.15, -0.1) is 11.3 Å². The zero-order valence-electron chi connectivity index (χ0n) is 11.9. The molecule has 0 radical (unpaired) electrons. The number of thiazole rings is 1. The molecule has 1 aliphatic rings. The van der Waals surface area contributed by atoms with Crippen molar-refractivity contribution in [3.05, 3.63) is 34.3 Å². The van der Waals surface area contributed by atoms with Gasteiger partial charge in [-0.05, 0) is 12.1 Å². The third kappa shape index (κ3) is 3.16. The van der Waals surface area contributed by atoms with Crippen LogP contribution in [0.3, 0.4) is 0 Å². The van der Waals surface area contributed by atoms with Crippen molar-refractivity contribution in [2.75, 3.05) is 12.1 Å². The molecule has 2 aromatic rings. The SMILES string of the molecule is CC(C)c1nc(CC(=O)Nc2ccc3c(c2)OCO3)cs1. The van der Waals surface area contributed by atoms with Gasteiger partial charge in [0.15, 0.2) is 11.5 Å². The van der Waals surface area contributed by atoms with E-state index in [2.05, 4.69) is 24.1 Å². The lowest BCUT2D eigenvalue weighted by molar-refractivity contribution is -0.115. The number of carbonyl (C=O) groups excluding carboxylic acids is 1. The van der Waals surface area contributed by atoms with Gasteiger partial charge in [0.25, 0.3) is 0 Å². The van der Waals surface area contributed by atoms with Crippen molar-refractivity contribution in [3.8, 4) is 11.5 Å². The highest BCUT2D eigenvalue weighted by Crippen LogP contribution is 2.34. The Balaban J connectivity index is 1.63. The van der Waals surface area contributed by atoms with Gasteiger partial charge in [-0.1, -0.05) is 13.8 Å². The summed E-state index contributed by atoms with van der Waals surface area (Å²) in [5.41, 5.74) is 1.51. The summed E-state index contributed by atoms with van der Waals surface area (Å²) in [5.74, 6) is 1.66. The molecular formula is C15H16N2O3S. The van der Waals surface area contributed by atoms with Crippen LogP contribution in [0.15, 0.2) is 23.6 Å². The first kappa shape index (κ1) is 13.9. The lowest BCUT2D eigenvalue weighted by Gasteiger charge is -2.05. The molecule has 1 amide bonds. The van der Waals surface area contributed by atoms with Crippen LogP contribution in [0.5, 0.6) is 11.5 Å². The Morgan fingerprint density at radius 2 is 2.19 bits per heavy atom. The Morgan fingerprint density at radius 1 is 1.38 bits per heavy atom. The van der Waals surface area contributed by atoms with Crippen molar-refractivity contribution in [3.63, 3.8) is 0 Å². The minimum absolute atomic E-state index is 0.0885. The molecule has 0 unspecified atom stereocenters.